The molecule has 0 spiro atoms. The number of nitrogens with zero attached hydrogens (tertiary/aromatic N) is 3. The first-order valence-corrected chi connectivity index (χ1v) is 9.57. The van der Waals surface area contributed by atoms with Crippen molar-refractivity contribution in [3.63, 3.8) is 0 Å². The normalized spacial score (nSPS) is 11.8. The summed E-state index contributed by atoms with van der Waals surface area (Å²) in [5, 5.41) is 19.4. The summed E-state index contributed by atoms with van der Waals surface area (Å²) >= 11 is 5.97. The van der Waals surface area contributed by atoms with Crippen LogP contribution in [0.15, 0.2) is 65.6 Å². The lowest BCUT2D eigenvalue weighted by atomic mass is 10.0. The Morgan fingerprint density at radius 1 is 0.852 bits per heavy atom. The van der Waals surface area contributed by atoms with E-state index in [4.69, 9.17) is 16.2 Å². The van der Waals surface area contributed by atoms with Crippen LogP contribution in [0, 0.1) is 0 Å². The quantitative estimate of drug-likeness (QED) is 0.507. The zero-order valence-electron chi connectivity index (χ0n) is 13.6. The highest BCUT2D eigenvalue weighted by atomic mass is 35.5. The van der Waals surface area contributed by atoms with Gasteiger partial charge in [0.05, 0.1) is 4.90 Å². The predicted molar refractivity (Wildman–Crippen MR) is 101 cm³/mol. The number of halogens is 1. The van der Waals surface area contributed by atoms with Gasteiger partial charge in [-0.15, -0.1) is 15.0 Å². The van der Waals surface area contributed by atoms with Crippen molar-refractivity contribution in [3.05, 3.63) is 65.7 Å². The maximum absolute atomic E-state index is 11.2. The first kappa shape index (κ1) is 17.5. The molecule has 0 saturated carbocycles. The van der Waals surface area contributed by atoms with Crippen LogP contribution in [0.4, 0.5) is 0 Å². The van der Waals surface area contributed by atoms with E-state index >= 15 is 0 Å². The summed E-state index contributed by atoms with van der Waals surface area (Å²) in [6.07, 6.45) is 0. The van der Waals surface area contributed by atoms with Gasteiger partial charge in [-0.2, -0.15) is 8.42 Å². The molecule has 1 heterocycles. The van der Waals surface area contributed by atoms with Crippen molar-refractivity contribution in [3.8, 4) is 22.6 Å². The summed E-state index contributed by atoms with van der Waals surface area (Å²) in [7, 11) is -4.25. The standard InChI is InChI=1S/C18H12ClN3O4S/c19-13-4-7-15-16(10-13)21-22(20-15)17-9-12(3-8-18(17)23)11-1-5-14(6-2-11)27(24,25)26/h1-10,23H,(H,24,25,26). The van der Waals surface area contributed by atoms with E-state index in [2.05, 4.69) is 10.2 Å². The fourth-order valence-electron chi connectivity index (χ4n) is 2.68. The number of fused-ring (bicyclic) bond motifs is 1. The van der Waals surface area contributed by atoms with Crippen LogP contribution in [0.2, 0.25) is 5.02 Å². The van der Waals surface area contributed by atoms with Gasteiger partial charge in [-0.25, -0.2) is 0 Å². The lowest BCUT2D eigenvalue weighted by molar-refractivity contribution is 0.468. The van der Waals surface area contributed by atoms with Gasteiger partial charge in [0.2, 0.25) is 0 Å². The lowest BCUT2D eigenvalue weighted by Crippen LogP contribution is -2.00. The molecule has 0 amide bonds. The van der Waals surface area contributed by atoms with Crippen molar-refractivity contribution in [2.45, 2.75) is 4.90 Å². The molecular formula is C18H12ClN3O4S. The van der Waals surface area contributed by atoms with Gasteiger partial charge in [-0.1, -0.05) is 29.8 Å². The number of hydrogen-bond donors (Lipinski definition) is 2. The van der Waals surface area contributed by atoms with E-state index < -0.39 is 10.1 Å². The third-order valence-electron chi connectivity index (χ3n) is 4.02. The van der Waals surface area contributed by atoms with Gasteiger partial charge in [-0.05, 0) is 53.6 Å². The van der Waals surface area contributed by atoms with E-state index in [-0.39, 0.29) is 10.6 Å². The molecule has 2 N–H and O–H groups in total. The van der Waals surface area contributed by atoms with Gasteiger partial charge in [0.15, 0.2) is 0 Å². The molecule has 136 valence electrons. The topological polar surface area (TPSA) is 105 Å². The molecule has 4 rings (SSSR count). The summed E-state index contributed by atoms with van der Waals surface area (Å²) in [5.74, 6) is -0.0142. The molecule has 0 unspecified atom stereocenters. The van der Waals surface area contributed by atoms with Crippen molar-refractivity contribution in [2.75, 3.05) is 0 Å². The molecule has 0 bridgehead atoms. The number of aromatic hydroxyl groups is 1. The fourth-order valence-corrected chi connectivity index (χ4v) is 3.32. The number of phenols is 1. The molecule has 0 radical (unpaired) electrons. The van der Waals surface area contributed by atoms with Crippen molar-refractivity contribution in [2.24, 2.45) is 0 Å². The number of benzene rings is 3. The second kappa shape index (κ2) is 6.34. The zero-order chi connectivity index (χ0) is 19.2. The summed E-state index contributed by atoms with van der Waals surface area (Å²) < 4.78 is 31.4. The largest absolute Gasteiger partial charge is 0.506 e. The average molecular weight is 402 g/mol. The molecule has 1 aromatic heterocycles. The van der Waals surface area contributed by atoms with E-state index in [1.807, 2.05) is 0 Å². The van der Waals surface area contributed by atoms with E-state index in [0.717, 1.165) is 0 Å². The van der Waals surface area contributed by atoms with Gasteiger partial charge in [0.25, 0.3) is 10.1 Å². The molecule has 9 heteroatoms. The van der Waals surface area contributed by atoms with Crippen LogP contribution in [0.3, 0.4) is 0 Å². The van der Waals surface area contributed by atoms with E-state index in [9.17, 15) is 13.5 Å². The van der Waals surface area contributed by atoms with Crippen LogP contribution in [0.1, 0.15) is 0 Å². The minimum absolute atomic E-state index is 0.0142. The first-order valence-electron chi connectivity index (χ1n) is 7.75. The monoisotopic (exact) mass is 401 g/mol. The molecule has 0 fully saturated rings. The summed E-state index contributed by atoms with van der Waals surface area (Å²) in [5.41, 5.74) is 2.98. The second-order valence-electron chi connectivity index (χ2n) is 5.83. The van der Waals surface area contributed by atoms with Gasteiger partial charge >= 0.3 is 0 Å². The highest BCUT2D eigenvalue weighted by Gasteiger charge is 2.13. The van der Waals surface area contributed by atoms with Crippen molar-refractivity contribution >= 4 is 32.8 Å². The molecule has 0 aliphatic rings. The molecule has 27 heavy (non-hydrogen) atoms. The second-order valence-corrected chi connectivity index (χ2v) is 7.68. The Labute approximate surface area is 159 Å². The van der Waals surface area contributed by atoms with Gasteiger partial charge < -0.3 is 5.11 Å². The van der Waals surface area contributed by atoms with Crippen LogP contribution >= 0.6 is 11.6 Å². The number of hydrogen-bond acceptors (Lipinski definition) is 5. The molecule has 3 aromatic carbocycles. The molecule has 7 nitrogen and oxygen atoms in total. The molecule has 0 saturated heterocycles. The van der Waals surface area contributed by atoms with Gasteiger partial charge in [0, 0.05) is 5.02 Å². The Hall–Kier alpha value is -2.94. The van der Waals surface area contributed by atoms with Crippen molar-refractivity contribution in [1.29, 1.82) is 0 Å². The van der Waals surface area contributed by atoms with Gasteiger partial charge in [0.1, 0.15) is 22.5 Å². The minimum atomic E-state index is -4.25. The smallest absolute Gasteiger partial charge is 0.294 e. The lowest BCUT2D eigenvalue weighted by Gasteiger charge is -2.07. The third-order valence-corrected chi connectivity index (χ3v) is 5.12. The van der Waals surface area contributed by atoms with Crippen molar-refractivity contribution < 1.29 is 18.1 Å². The van der Waals surface area contributed by atoms with Crippen LogP contribution in [0.25, 0.3) is 27.8 Å². The number of aromatic nitrogens is 3. The Morgan fingerprint density at radius 3 is 2.22 bits per heavy atom. The Morgan fingerprint density at radius 2 is 1.52 bits per heavy atom. The van der Waals surface area contributed by atoms with Crippen molar-refractivity contribution in [1.82, 2.24) is 15.0 Å². The van der Waals surface area contributed by atoms with Crippen LogP contribution in [-0.2, 0) is 10.1 Å². The molecule has 0 atom stereocenters. The first-order chi connectivity index (χ1) is 12.8. The van der Waals surface area contributed by atoms with E-state index in [0.29, 0.717) is 32.9 Å². The highest BCUT2D eigenvalue weighted by molar-refractivity contribution is 7.85. The summed E-state index contributed by atoms with van der Waals surface area (Å²) in [4.78, 5) is 1.12. The summed E-state index contributed by atoms with van der Waals surface area (Å²) in [6.45, 7) is 0. The Balaban J connectivity index is 1.79. The van der Waals surface area contributed by atoms with Crippen LogP contribution < -0.4 is 0 Å². The van der Waals surface area contributed by atoms with E-state index in [1.165, 1.54) is 23.0 Å². The molecule has 4 aromatic rings. The van der Waals surface area contributed by atoms with Crippen LogP contribution in [0.5, 0.6) is 5.75 Å². The maximum atomic E-state index is 11.2. The summed E-state index contributed by atoms with van der Waals surface area (Å²) in [6, 6.07) is 15.7. The third kappa shape index (κ3) is 3.37. The SMILES string of the molecule is O=S(=O)(O)c1ccc(-c2ccc(O)c(-n3nc4ccc(Cl)cc4n3)c2)cc1. The molecular weight excluding hydrogens is 390 g/mol. The zero-order valence-corrected chi connectivity index (χ0v) is 15.2. The number of rotatable bonds is 3. The molecule has 0 aliphatic carbocycles. The number of phenolic OH excluding ortho intramolecular Hbond substituents is 1. The Kier molecular flexibility index (Phi) is 4.11. The predicted octanol–water partition coefficient (Wildman–Crippen LogP) is 3.69. The van der Waals surface area contributed by atoms with E-state index in [1.54, 1.807) is 42.5 Å². The fraction of sp³-hybridized carbons (Fsp3) is 0. The molecule has 0 aliphatic heterocycles. The van der Waals surface area contributed by atoms with Crippen LogP contribution in [-0.4, -0.2) is 33.1 Å². The minimum Gasteiger partial charge on any atom is -0.506 e. The Bertz CT molecular complexity index is 1270. The average Bonchev–Trinajstić information content (AvgIpc) is 3.04. The van der Waals surface area contributed by atoms with Gasteiger partial charge in [-0.3, -0.25) is 4.55 Å². The highest BCUT2D eigenvalue weighted by Crippen LogP contribution is 2.29. The maximum Gasteiger partial charge on any atom is 0.294 e.